The van der Waals surface area contributed by atoms with E-state index < -0.39 is 0 Å². The molecule has 1 saturated heterocycles. The van der Waals surface area contributed by atoms with Crippen molar-refractivity contribution in [2.24, 2.45) is 17.3 Å². The Hall–Kier alpha value is -1.80. The van der Waals surface area contributed by atoms with E-state index in [1.54, 1.807) is 12.4 Å². The number of aromatic hydroxyl groups is 1. The lowest BCUT2D eigenvalue weighted by molar-refractivity contribution is -0.122. The standard InChI is InChI=1S/C12H14N4O2S2/c1-7(2)5-16-10(18)8(3)20-12(16)14-13-11-15(4)9(17)6-19-11/h6,17H,1,3,5H2,2,4H3/b13-11-,14-12-. The Bertz CT molecular complexity index is 684. The van der Waals surface area contributed by atoms with E-state index in [1.807, 2.05) is 6.92 Å². The SMILES string of the molecule is C=C(C)CN1C(=O)C(=C)S/C1=N\N=c1/scc(O)n1C. The van der Waals surface area contributed by atoms with E-state index in [-0.39, 0.29) is 11.8 Å². The second-order valence-electron chi connectivity index (χ2n) is 4.29. The van der Waals surface area contributed by atoms with Gasteiger partial charge in [-0.05, 0) is 18.7 Å². The molecule has 1 aromatic heterocycles. The van der Waals surface area contributed by atoms with Crippen LogP contribution in [0.4, 0.5) is 0 Å². The Kier molecular flexibility index (Phi) is 4.15. The Morgan fingerprint density at radius 2 is 2.20 bits per heavy atom. The van der Waals surface area contributed by atoms with Gasteiger partial charge in [0.15, 0.2) is 5.17 Å². The third kappa shape index (κ3) is 2.86. The van der Waals surface area contributed by atoms with Crippen LogP contribution in [0.15, 0.2) is 39.2 Å². The highest BCUT2D eigenvalue weighted by Gasteiger charge is 2.32. The molecule has 0 aromatic carbocycles. The summed E-state index contributed by atoms with van der Waals surface area (Å²) in [6.07, 6.45) is 0. The topological polar surface area (TPSA) is 70.2 Å². The molecule has 8 heteroatoms. The molecule has 0 atom stereocenters. The number of hydrogen-bond acceptors (Lipinski definition) is 6. The Morgan fingerprint density at radius 3 is 2.75 bits per heavy atom. The van der Waals surface area contributed by atoms with Gasteiger partial charge in [0.1, 0.15) is 0 Å². The van der Waals surface area contributed by atoms with Crippen LogP contribution in [-0.2, 0) is 11.8 Å². The molecular weight excluding hydrogens is 296 g/mol. The molecule has 1 aliphatic rings. The fraction of sp³-hybridized carbons (Fsp3) is 0.250. The smallest absolute Gasteiger partial charge is 0.266 e. The molecule has 0 bridgehead atoms. The Morgan fingerprint density at radius 1 is 1.50 bits per heavy atom. The second kappa shape index (κ2) is 5.68. The van der Waals surface area contributed by atoms with Crippen LogP contribution >= 0.6 is 23.1 Å². The molecule has 1 N–H and O–H groups in total. The first-order valence-corrected chi connectivity index (χ1v) is 7.38. The molecule has 1 aromatic rings. The van der Waals surface area contributed by atoms with Crippen molar-refractivity contribution >= 4 is 34.2 Å². The summed E-state index contributed by atoms with van der Waals surface area (Å²) in [6.45, 7) is 9.72. The van der Waals surface area contributed by atoms with Crippen molar-refractivity contribution in [1.29, 1.82) is 0 Å². The van der Waals surface area contributed by atoms with Crippen LogP contribution in [0, 0.1) is 0 Å². The van der Waals surface area contributed by atoms with Crippen LogP contribution < -0.4 is 4.80 Å². The summed E-state index contributed by atoms with van der Waals surface area (Å²) in [4.78, 5) is 14.4. The van der Waals surface area contributed by atoms with Crippen molar-refractivity contribution < 1.29 is 9.90 Å². The summed E-state index contributed by atoms with van der Waals surface area (Å²) in [5.41, 5.74) is 0.848. The number of hydrogen-bond donors (Lipinski definition) is 1. The van der Waals surface area contributed by atoms with Crippen LogP contribution in [0.3, 0.4) is 0 Å². The minimum Gasteiger partial charge on any atom is -0.494 e. The number of thioether (sulfide) groups is 1. The van der Waals surface area contributed by atoms with Gasteiger partial charge in [-0.15, -0.1) is 10.2 Å². The predicted octanol–water partition coefficient (Wildman–Crippen LogP) is 1.63. The Labute approximate surface area is 124 Å². The normalized spacial score (nSPS) is 18.4. The van der Waals surface area contributed by atoms with Crippen molar-refractivity contribution in [3.05, 3.63) is 33.8 Å². The van der Waals surface area contributed by atoms with Crippen molar-refractivity contribution in [1.82, 2.24) is 9.47 Å². The molecule has 6 nitrogen and oxygen atoms in total. The molecule has 0 unspecified atom stereocenters. The molecule has 1 fully saturated rings. The third-order valence-electron chi connectivity index (χ3n) is 2.48. The maximum atomic E-state index is 11.9. The fourth-order valence-corrected chi connectivity index (χ4v) is 2.93. The number of nitrogens with zero attached hydrogens (tertiary/aromatic N) is 4. The molecule has 0 radical (unpaired) electrons. The van der Waals surface area contributed by atoms with Crippen LogP contribution in [0.25, 0.3) is 0 Å². The van der Waals surface area contributed by atoms with Crippen LogP contribution in [0.1, 0.15) is 6.92 Å². The minimum atomic E-state index is -0.176. The Balaban J connectivity index is 2.35. The molecule has 20 heavy (non-hydrogen) atoms. The van der Waals surface area contributed by atoms with E-state index in [2.05, 4.69) is 23.4 Å². The lowest BCUT2D eigenvalue weighted by atomic mass is 10.3. The fourth-order valence-electron chi connectivity index (χ4n) is 1.47. The summed E-state index contributed by atoms with van der Waals surface area (Å²) < 4.78 is 1.51. The first-order chi connectivity index (χ1) is 9.40. The van der Waals surface area contributed by atoms with Gasteiger partial charge in [0, 0.05) is 13.6 Å². The molecule has 1 amide bonds. The van der Waals surface area contributed by atoms with Crippen molar-refractivity contribution in [3.8, 4) is 5.88 Å². The third-order valence-corrected chi connectivity index (χ3v) is 4.28. The zero-order valence-electron chi connectivity index (χ0n) is 11.2. The lowest BCUT2D eigenvalue weighted by Gasteiger charge is -2.13. The van der Waals surface area contributed by atoms with Gasteiger partial charge in [0.2, 0.25) is 10.7 Å². The zero-order valence-corrected chi connectivity index (χ0v) is 12.8. The highest BCUT2D eigenvalue weighted by Crippen LogP contribution is 2.29. The first-order valence-electron chi connectivity index (χ1n) is 5.68. The average Bonchev–Trinajstić information content (AvgIpc) is 2.83. The van der Waals surface area contributed by atoms with Gasteiger partial charge < -0.3 is 5.11 Å². The van der Waals surface area contributed by atoms with E-state index in [0.29, 0.717) is 21.4 Å². The van der Waals surface area contributed by atoms with Crippen LogP contribution in [-0.4, -0.2) is 32.2 Å². The van der Waals surface area contributed by atoms with Gasteiger partial charge in [-0.1, -0.05) is 30.1 Å². The number of rotatable bonds is 3. The summed E-state index contributed by atoms with van der Waals surface area (Å²) in [7, 11) is 1.68. The number of amides is 1. The number of aromatic nitrogens is 1. The van der Waals surface area contributed by atoms with Crippen LogP contribution in [0.5, 0.6) is 5.88 Å². The quantitative estimate of drug-likeness (QED) is 0.524. The summed E-state index contributed by atoms with van der Waals surface area (Å²) >= 11 is 2.45. The van der Waals surface area contributed by atoms with E-state index in [9.17, 15) is 9.90 Å². The average molecular weight is 310 g/mol. The maximum Gasteiger partial charge on any atom is 0.266 e. The number of carbonyl (C=O) groups excluding carboxylic acids is 1. The first kappa shape index (κ1) is 14.6. The number of amidine groups is 1. The second-order valence-corrected chi connectivity index (χ2v) is 6.19. The largest absolute Gasteiger partial charge is 0.494 e. The molecule has 0 aliphatic carbocycles. The molecular formula is C12H14N4O2S2. The van der Waals surface area contributed by atoms with E-state index in [1.165, 1.54) is 32.6 Å². The summed E-state index contributed by atoms with van der Waals surface area (Å²) in [6, 6.07) is 0. The monoisotopic (exact) mass is 310 g/mol. The summed E-state index contributed by atoms with van der Waals surface area (Å²) in [5.74, 6) is -0.0577. The highest BCUT2D eigenvalue weighted by molar-refractivity contribution is 8.18. The van der Waals surface area contributed by atoms with Crippen LogP contribution in [0.2, 0.25) is 0 Å². The van der Waals surface area contributed by atoms with Gasteiger partial charge >= 0.3 is 0 Å². The van der Waals surface area contributed by atoms with Crippen molar-refractivity contribution in [3.63, 3.8) is 0 Å². The van der Waals surface area contributed by atoms with Crippen molar-refractivity contribution in [2.75, 3.05) is 6.54 Å². The van der Waals surface area contributed by atoms with E-state index in [4.69, 9.17) is 0 Å². The molecule has 2 rings (SSSR count). The number of thiazole rings is 1. The molecule has 0 saturated carbocycles. The molecule has 0 spiro atoms. The highest BCUT2D eigenvalue weighted by atomic mass is 32.2. The van der Waals surface area contributed by atoms with Gasteiger partial charge in [0.25, 0.3) is 5.91 Å². The van der Waals surface area contributed by atoms with Gasteiger partial charge in [-0.25, -0.2) is 0 Å². The number of carbonyl (C=O) groups is 1. The minimum absolute atomic E-state index is 0.118. The maximum absolute atomic E-state index is 11.9. The molecule has 1 aliphatic heterocycles. The molecule has 2 heterocycles. The van der Waals surface area contributed by atoms with Gasteiger partial charge in [-0.2, -0.15) is 0 Å². The summed E-state index contributed by atoms with van der Waals surface area (Å²) in [5, 5.41) is 19.6. The van der Waals surface area contributed by atoms with E-state index in [0.717, 1.165) is 5.57 Å². The molecule has 106 valence electrons. The predicted molar refractivity (Wildman–Crippen MR) is 81.2 cm³/mol. The lowest BCUT2D eigenvalue weighted by Crippen LogP contribution is -2.30. The zero-order chi connectivity index (χ0) is 14.9. The van der Waals surface area contributed by atoms with Gasteiger partial charge in [0.05, 0.1) is 10.3 Å². The van der Waals surface area contributed by atoms with E-state index >= 15 is 0 Å². The van der Waals surface area contributed by atoms with Crippen molar-refractivity contribution in [2.45, 2.75) is 6.92 Å². The van der Waals surface area contributed by atoms with Gasteiger partial charge in [-0.3, -0.25) is 14.3 Å².